The quantitative estimate of drug-likeness (QED) is 0.366. The van der Waals surface area contributed by atoms with Gasteiger partial charge in [-0.2, -0.15) is 19.3 Å². The van der Waals surface area contributed by atoms with E-state index in [-0.39, 0.29) is 6.42 Å². The van der Waals surface area contributed by atoms with Crippen molar-refractivity contribution in [2.24, 2.45) is 0 Å². The van der Waals surface area contributed by atoms with Gasteiger partial charge in [-0.3, -0.25) is 4.79 Å². The summed E-state index contributed by atoms with van der Waals surface area (Å²) in [6, 6.07) is 1.86. The highest BCUT2D eigenvalue weighted by molar-refractivity contribution is 7.98. The molecule has 4 heterocycles. The SMILES string of the molecule is COC(=O)Cc1nn(-c2nc(C)cc(C)n2)c2c1nnc1nc(SC)nn12. The summed E-state index contributed by atoms with van der Waals surface area (Å²) in [5.74, 6) is 0.235. The Kier molecular flexibility index (Phi) is 4.18. The zero-order chi connectivity index (χ0) is 19.1. The number of nitrogens with zero attached hydrogens (tertiary/aromatic N) is 9. The number of carbonyl (C=O) groups is 1. The first-order valence-corrected chi connectivity index (χ1v) is 9.17. The van der Waals surface area contributed by atoms with E-state index in [2.05, 4.69) is 35.3 Å². The number of hydrogen-bond donors (Lipinski definition) is 0. The van der Waals surface area contributed by atoms with Crippen LogP contribution in [-0.4, -0.2) is 63.9 Å². The van der Waals surface area contributed by atoms with Gasteiger partial charge in [0.25, 0.3) is 11.7 Å². The van der Waals surface area contributed by atoms with E-state index in [1.54, 1.807) is 0 Å². The van der Waals surface area contributed by atoms with Gasteiger partial charge in [0.15, 0.2) is 11.2 Å². The van der Waals surface area contributed by atoms with Crippen molar-refractivity contribution in [3.05, 3.63) is 23.1 Å². The Morgan fingerprint density at radius 2 is 1.89 bits per heavy atom. The molecule has 0 aliphatic rings. The molecule has 0 radical (unpaired) electrons. The number of rotatable bonds is 4. The number of aryl methyl sites for hydroxylation is 2. The zero-order valence-corrected chi connectivity index (χ0v) is 15.9. The summed E-state index contributed by atoms with van der Waals surface area (Å²) in [6.45, 7) is 3.74. The van der Waals surface area contributed by atoms with Crippen molar-refractivity contribution in [3.63, 3.8) is 0 Å². The first-order valence-electron chi connectivity index (χ1n) is 7.94. The molecule has 0 spiro atoms. The molecule has 12 heteroatoms. The van der Waals surface area contributed by atoms with Crippen molar-refractivity contribution in [2.45, 2.75) is 25.4 Å². The monoisotopic (exact) mass is 385 g/mol. The molecule has 4 aromatic heterocycles. The molecule has 0 aromatic carbocycles. The maximum Gasteiger partial charge on any atom is 0.311 e. The number of hydrogen-bond acceptors (Lipinski definition) is 10. The molecule has 0 saturated heterocycles. The smallest absolute Gasteiger partial charge is 0.311 e. The maximum absolute atomic E-state index is 11.8. The van der Waals surface area contributed by atoms with E-state index in [0.29, 0.717) is 33.7 Å². The van der Waals surface area contributed by atoms with E-state index >= 15 is 0 Å². The molecular formula is C15H15N9O2S. The lowest BCUT2D eigenvalue weighted by molar-refractivity contribution is -0.139. The van der Waals surface area contributed by atoms with E-state index in [0.717, 1.165) is 11.4 Å². The van der Waals surface area contributed by atoms with E-state index in [9.17, 15) is 4.79 Å². The van der Waals surface area contributed by atoms with Crippen molar-refractivity contribution >= 4 is 34.7 Å². The van der Waals surface area contributed by atoms with Gasteiger partial charge in [0.1, 0.15) is 5.69 Å². The third-order valence-electron chi connectivity index (χ3n) is 3.80. The first kappa shape index (κ1) is 17.3. The van der Waals surface area contributed by atoms with Crippen LogP contribution in [-0.2, 0) is 16.0 Å². The van der Waals surface area contributed by atoms with Crippen LogP contribution in [0.25, 0.3) is 22.9 Å². The molecule has 4 aromatic rings. The molecule has 0 aliphatic heterocycles. The van der Waals surface area contributed by atoms with Gasteiger partial charge in [0.2, 0.25) is 5.16 Å². The van der Waals surface area contributed by atoms with Gasteiger partial charge in [-0.1, -0.05) is 11.8 Å². The van der Waals surface area contributed by atoms with Crippen molar-refractivity contribution in [1.29, 1.82) is 0 Å². The van der Waals surface area contributed by atoms with E-state index in [1.807, 2.05) is 26.2 Å². The minimum Gasteiger partial charge on any atom is -0.469 e. The molecule has 0 unspecified atom stereocenters. The standard InChI is InChI=1S/C15H15N9O2S/c1-7-5-8(2)17-13(16-7)23-12-11(9(21-23)6-10(25)26-3)19-20-14-18-15(27-4)22-24(12)14/h5H,6H2,1-4H3. The van der Waals surface area contributed by atoms with Crippen LogP contribution in [0, 0.1) is 13.8 Å². The van der Waals surface area contributed by atoms with Crippen molar-refractivity contribution in [3.8, 4) is 5.95 Å². The Hall–Kier alpha value is -3.15. The lowest BCUT2D eigenvalue weighted by atomic mass is 10.3. The van der Waals surface area contributed by atoms with Gasteiger partial charge in [-0.15, -0.1) is 15.3 Å². The van der Waals surface area contributed by atoms with Crippen LogP contribution >= 0.6 is 11.8 Å². The van der Waals surface area contributed by atoms with E-state index in [1.165, 1.54) is 28.1 Å². The van der Waals surface area contributed by atoms with Gasteiger partial charge in [0.05, 0.1) is 13.5 Å². The van der Waals surface area contributed by atoms with Crippen LogP contribution in [0.1, 0.15) is 17.1 Å². The Morgan fingerprint density at radius 3 is 2.56 bits per heavy atom. The molecule has 0 bridgehead atoms. The van der Waals surface area contributed by atoms with Gasteiger partial charge in [0, 0.05) is 11.4 Å². The third kappa shape index (κ3) is 2.97. The Bertz CT molecular complexity index is 1160. The molecule has 0 amide bonds. The molecule has 4 rings (SSSR count). The maximum atomic E-state index is 11.8. The number of methoxy groups -OCH3 is 1. The molecule has 0 saturated carbocycles. The third-order valence-corrected chi connectivity index (χ3v) is 4.34. The van der Waals surface area contributed by atoms with Crippen molar-refractivity contribution in [1.82, 2.24) is 44.5 Å². The Balaban J connectivity index is 2.05. The predicted molar refractivity (Wildman–Crippen MR) is 95.8 cm³/mol. The highest BCUT2D eigenvalue weighted by atomic mass is 32.2. The number of fused-ring (bicyclic) bond motifs is 3. The summed E-state index contributed by atoms with van der Waals surface area (Å²) < 4.78 is 7.80. The van der Waals surface area contributed by atoms with Crippen LogP contribution in [0.4, 0.5) is 0 Å². The average molecular weight is 385 g/mol. The van der Waals surface area contributed by atoms with Gasteiger partial charge >= 0.3 is 5.97 Å². The zero-order valence-electron chi connectivity index (χ0n) is 15.0. The van der Waals surface area contributed by atoms with Crippen LogP contribution in [0.5, 0.6) is 0 Å². The van der Waals surface area contributed by atoms with Crippen LogP contribution in [0.15, 0.2) is 11.2 Å². The van der Waals surface area contributed by atoms with E-state index < -0.39 is 5.97 Å². The van der Waals surface area contributed by atoms with Crippen molar-refractivity contribution in [2.75, 3.05) is 13.4 Å². The molecule has 0 aliphatic carbocycles. The van der Waals surface area contributed by atoms with Crippen LogP contribution < -0.4 is 0 Å². The molecule has 0 N–H and O–H groups in total. The summed E-state index contributed by atoms with van der Waals surface area (Å²) in [6.07, 6.45) is 1.81. The molecule has 27 heavy (non-hydrogen) atoms. The lowest BCUT2D eigenvalue weighted by Crippen LogP contribution is -2.09. The molecule has 0 atom stereocenters. The highest BCUT2D eigenvalue weighted by Crippen LogP contribution is 2.21. The Labute approximate surface area is 157 Å². The number of thioether (sulfide) groups is 1. The largest absolute Gasteiger partial charge is 0.469 e. The predicted octanol–water partition coefficient (Wildman–Crippen LogP) is 0.702. The molecule has 11 nitrogen and oxygen atoms in total. The lowest BCUT2D eigenvalue weighted by Gasteiger charge is -2.04. The van der Waals surface area contributed by atoms with Gasteiger partial charge in [-0.25, -0.2) is 9.97 Å². The van der Waals surface area contributed by atoms with E-state index in [4.69, 9.17) is 4.74 Å². The fraction of sp³-hybridized carbons (Fsp3) is 0.333. The Morgan fingerprint density at radius 1 is 1.15 bits per heavy atom. The summed E-state index contributed by atoms with van der Waals surface area (Å²) in [5, 5.41) is 17.8. The summed E-state index contributed by atoms with van der Waals surface area (Å²) in [5.41, 5.74) is 2.87. The summed E-state index contributed by atoms with van der Waals surface area (Å²) in [7, 11) is 1.32. The molecule has 138 valence electrons. The van der Waals surface area contributed by atoms with Crippen molar-refractivity contribution < 1.29 is 9.53 Å². The minimum absolute atomic E-state index is 0.0604. The molecular weight excluding hydrogens is 370 g/mol. The number of esters is 1. The second-order valence-electron chi connectivity index (χ2n) is 5.74. The number of ether oxygens (including phenoxy) is 1. The van der Waals surface area contributed by atoms with Crippen LogP contribution in [0.2, 0.25) is 0 Å². The summed E-state index contributed by atoms with van der Waals surface area (Å²) in [4.78, 5) is 25.0. The minimum atomic E-state index is -0.437. The second-order valence-corrected chi connectivity index (χ2v) is 6.52. The average Bonchev–Trinajstić information content (AvgIpc) is 3.21. The summed E-state index contributed by atoms with van der Waals surface area (Å²) >= 11 is 1.38. The number of carbonyl (C=O) groups excluding carboxylic acids is 1. The normalized spacial score (nSPS) is 11.4. The van der Waals surface area contributed by atoms with Gasteiger partial charge in [-0.05, 0) is 26.2 Å². The molecule has 0 fully saturated rings. The number of aromatic nitrogens is 9. The first-order chi connectivity index (χ1) is 13.0. The van der Waals surface area contributed by atoms with Gasteiger partial charge < -0.3 is 4.74 Å². The fourth-order valence-corrected chi connectivity index (χ4v) is 3.02. The fourth-order valence-electron chi connectivity index (χ4n) is 2.68. The van der Waals surface area contributed by atoms with Crippen LogP contribution in [0.3, 0.4) is 0 Å². The topological polar surface area (TPSA) is 126 Å². The second kappa shape index (κ2) is 6.54. The highest BCUT2D eigenvalue weighted by Gasteiger charge is 2.23.